The number of carbonyl (C=O) groups is 6. The molecular weight excluding hydrogens is 679 g/mol. The van der Waals surface area contributed by atoms with Gasteiger partial charge >= 0.3 is 35.9 Å². The normalized spacial score (nSPS) is 12.3. The molecule has 0 aliphatic carbocycles. The Morgan fingerprint density at radius 2 is 1.22 bits per heavy atom. The lowest BCUT2D eigenvalue weighted by molar-refractivity contribution is -0.149. The molecule has 0 radical (unpaired) electrons. The van der Waals surface area contributed by atoms with Crippen LogP contribution in [0.4, 0.5) is 4.79 Å². The summed E-state index contributed by atoms with van der Waals surface area (Å²) in [7, 11) is 0. The highest BCUT2D eigenvalue weighted by Crippen LogP contribution is 2.34. The predicted octanol–water partition coefficient (Wildman–Crippen LogP) is 5.91. The molecule has 0 saturated heterocycles. The maximum absolute atomic E-state index is 13.4. The largest absolute Gasteiger partial charge is 0.480 e. The summed E-state index contributed by atoms with van der Waals surface area (Å²) in [6, 6.07) is 9.14. The number of hydrogen-bond donors (Lipinski definition) is 2. The van der Waals surface area contributed by atoms with Gasteiger partial charge in [0.1, 0.15) is 34.6 Å². The first-order valence-electron chi connectivity index (χ1n) is 15.0. The van der Waals surface area contributed by atoms with Gasteiger partial charge in [0.2, 0.25) is 0 Å². The first kappa shape index (κ1) is 38.7. The molecule has 0 bridgehead atoms. The second kappa shape index (κ2) is 16.1. The molecule has 0 aliphatic heterocycles. The third-order valence-electron chi connectivity index (χ3n) is 6.52. The van der Waals surface area contributed by atoms with Gasteiger partial charge < -0.3 is 34.1 Å². The molecule has 0 aliphatic rings. The molecule has 1 aromatic carbocycles. The molecule has 1 unspecified atom stereocenters. The number of amides is 1. The minimum Gasteiger partial charge on any atom is -0.480 e. The summed E-state index contributed by atoms with van der Waals surface area (Å²) in [5, 5.41) is 15.5. The number of nitrogens with one attached hydrogen (secondary N) is 1. The van der Waals surface area contributed by atoms with E-state index in [0.29, 0.717) is 9.75 Å². The van der Waals surface area contributed by atoms with Crippen LogP contribution < -0.4 is 14.8 Å². The number of aliphatic carboxylic acids is 1. The number of carbonyl (C=O) groups excluding carboxylic acids is 5. The third-order valence-corrected chi connectivity index (χ3v) is 8.22. The van der Waals surface area contributed by atoms with Crippen LogP contribution in [0.1, 0.15) is 73.4 Å². The summed E-state index contributed by atoms with van der Waals surface area (Å²) in [6.45, 7) is 10.2. The monoisotopic (exact) mass is 717 g/mol. The van der Waals surface area contributed by atoms with Crippen molar-refractivity contribution in [2.45, 2.75) is 66.5 Å². The highest BCUT2D eigenvalue weighted by atomic mass is 32.1. The Hall–Kier alpha value is -4.76. The lowest BCUT2D eigenvalue weighted by atomic mass is 9.95. The van der Waals surface area contributed by atoms with Crippen molar-refractivity contribution in [2.75, 3.05) is 13.2 Å². The number of ether oxygens (including phenoxy) is 5. The summed E-state index contributed by atoms with van der Waals surface area (Å²) in [6.07, 6.45) is -1.21. The topological polar surface area (TPSA) is 181 Å². The van der Waals surface area contributed by atoms with Gasteiger partial charge in [0, 0.05) is 6.42 Å². The van der Waals surface area contributed by atoms with E-state index in [1.165, 1.54) is 68.6 Å². The minimum absolute atomic E-state index is 0.196. The van der Waals surface area contributed by atoms with Crippen LogP contribution in [0.25, 0.3) is 0 Å². The van der Waals surface area contributed by atoms with Crippen molar-refractivity contribution in [3.63, 3.8) is 0 Å². The Kier molecular flexibility index (Phi) is 12.7. The Morgan fingerprint density at radius 3 is 1.65 bits per heavy atom. The van der Waals surface area contributed by atoms with E-state index < -0.39 is 58.4 Å². The van der Waals surface area contributed by atoms with Crippen LogP contribution in [0.5, 0.6) is 11.5 Å². The van der Waals surface area contributed by atoms with Gasteiger partial charge in [0.25, 0.3) is 0 Å². The molecule has 2 aromatic heterocycles. The smallest absolute Gasteiger partial charge is 0.408 e. The Morgan fingerprint density at radius 1 is 0.735 bits per heavy atom. The summed E-state index contributed by atoms with van der Waals surface area (Å²) in [5.41, 5.74) is -3.30. The van der Waals surface area contributed by atoms with Crippen LogP contribution >= 0.6 is 22.7 Å². The van der Waals surface area contributed by atoms with Crippen LogP contribution in [0, 0.1) is 10.8 Å². The number of rotatable bonds is 14. The molecule has 0 spiro atoms. The van der Waals surface area contributed by atoms with Gasteiger partial charge in [-0.15, -0.1) is 22.7 Å². The Balaban J connectivity index is 1.84. The standard InChI is InChI=1S/C34H39NO12S2/c1-32(2,3)47-31(42)35-21(26(36)37)16-20-12-13-22(45-29(40)33(4,5)18-43-27(38)24-10-8-14-48-24)23(17-20)46-30(41)34(6,7)19-44-28(39)25-11-9-15-49-25/h8-15,17,21H,16,18-19H2,1-7H3,(H,35,42)(H,36,37). The molecule has 49 heavy (non-hydrogen) atoms. The lowest BCUT2D eigenvalue weighted by Gasteiger charge is -2.25. The average molecular weight is 718 g/mol. The van der Waals surface area contributed by atoms with E-state index in [1.54, 1.807) is 55.8 Å². The van der Waals surface area contributed by atoms with Crippen LogP contribution in [0.3, 0.4) is 0 Å². The van der Waals surface area contributed by atoms with Crippen molar-refractivity contribution in [2.24, 2.45) is 10.8 Å². The predicted molar refractivity (Wildman–Crippen MR) is 179 cm³/mol. The zero-order chi connectivity index (χ0) is 36.6. The number of hydrogen-bond acceptors (Lipinski definition) is 13. The molecular formula is C34H39NO12S2. The van der Waals surface area contributed by atoms with Gasteiger partial charge in [-0.3, -0.25) is 9.59 Å². The van der Waals surface area contributed by atoms with Crippen molar-refractivity contribution >= 4 is 58.6 Å². The molecule has 1 atom stereocenters. The zero-order valence-electron chi connectivity index (χ0n) is 28.1. The van der Waals surface area contributed by atoms with E-state index >= 15 is 0 Å². The number of carboxylic acid groups (broad SMARTS) is 1. The van der Waals surface area contributed by atoms with Crippen LogP contribution in [-0.2, 0) is 35.0 Å². The number of esters is 4. The van der Waals surface area contributed by atoms with Crippen LogP contribution in [0.15, 0.2) is 53.2 Å². The highest BCUT2D eigenvalue weighted by Gasteiger charge is 2.36. The average Bonchev–Trinajstić information content (AvgIpc) is 3.74. The number of carboxylic acids is 1. The van der Waals surface area contributed by atoms with E-state index in [0.717, 1.165) is 0 Å². The third kappa shape index (κ3) is 11.7. The zero-order valence-corrected chi connectivity index (χ0v) is 29.8. The number of benzene rings is 1. The second-order valence-corrected chi connectivity index (χ2v) is 15.1. The molecule has 2 heterocycles. The number of alkyl carbamates (subject to hydrolysis) is 1. The molecule has 13 nitrogen and oxygen atoms in total. The van der Waals surface area contributed by atoms with Gasteiger partial charge in [0.05, 0.1) is 10.8 Å². The van der Waals surface area contributed by atoms with Crippen LogP contribution in [-0.4, -0.2) is 65.9 Å². The Bertz CT molecular complexity index is 1650. The summed E-state index contributed by atoms with van der Waals surface area (Å²) in [4.78, 5) is 76.5. The fourth-order valence-corrected chi connectivity index (χ4v) is 4.98. The summed E-state index contributed by atoms with van der Waals surface area (Å²) < 4.78 is 27.1. The van der Waals surface area contributed by atoms with Crippen molar-refractivity contribution in [1.82, 2.24) is 5.32 Å². The first-order chi connectivity index (χ1) is 22.8. The SMILES string of the molecule is CC(C)(C)OC(=O)NC(Cc1ccc(OC(=O)C(C)(C)COC(=O)c2cccs2)c(OC(=O)C(C)(C)COC(=O)c2cccs2)c1)C(=O)O. The van der Waals surface area contributed by atoms with Crippen molar-refractivity contribution in [1.29, 1.82) is 0 Å². The van der Waals surface area contributed by atoms with E-state index in [4.69, 9.17) is 23.7 Å². The van der Waals surface area contributed by atoms with Gasteiger partial charge in [-0.1, -0.05) is 18.2 Å². The molecule has 0 saturated carbocycles. The fraction of sp³-hybridized carbons (Fsp3) is 0.412. The lowest BCUT2D eigenvalue weighted by Crippen LogP contribution is -2.44. The van der Waals surface area contributed by atoms with Crippen molar-refractivity contribution in [3.05, 3.63) is 68.5 Å². The molecule has 2 N–H and O–H groups in total. The van der Waals surface area contributed by atoms with Crippen molar-refractivity contribution < 1.29 is 57.6 Å². The first-order valence-corrected chi connectivity index (χ1v) is 16.7. The molecule has 0 fully saturated rings. The second-order valence-electron chi connectivity index (χ2n) is 13.2. The minimum atomic E-state index is -1.43. The van der Waals surface area contributed by atoms with Gasteiger partial charge in [-0.2, -0.15) is 0 Å². The quantitative estimate of drug-likeness (QED) is 0.115. The van der Waals surface area contributed by atoms with Gasteiger partial charge in [-0.25, -0.2) is 19.2 Å². The molecule has 3 aromatic rings. The maximum Gasteiger partial charge on any atom is 0.408 e. The summed E-state index contributed by atoms with van der Waals surface area (Å²) >= 11 is 2.36. The maximum atomic E-state index is 13.4. The summed E-state index contributed by atoms with van der Waals surface area (Å²) in [5.74, 6) is -4.70. The molecule has 1 amide bonds. The molecule has 264 valence electrons. The van der Waals surface area contributed by atoms with Crippen molar-refractivity contribution in [3.8, 4) is 11.5 Å². The van der Waals surface area contributed by atoms with E-state index in [-0.39, 0.29) is 36.7 Å². The fourth-order valence-electron chi connectivity index (χ4n) is 3.75. The molecule has 3 rings (SSSR count). The highest BCUT2D eigenvalue weighted by molar-refractivity contribution is 7.12. The van der Waals surface area contributed by atoms with Crippen LogP contribution in [0.2, 0.25) is 0 Å². The van der Waals surface area contributed by atoms with Gasteiger partial charge in [-0.05, 0) is 89.1 Å². The number of thiophene rings is 2. The van der Waals surface area contributed by atoms with E-state index in [9.17, 15) is 33.9 Å². The van der Waals surface area contributed by atoms with E-state index in [1.807, 2.05) is 0 Å². The van der Waals surface area contributed by atoms with E-state index in [2.05, 4.69) is 5.32 Å². The van der Waals surface area contributed by atoms with Gasteiger partial charge in [0.15, 0.2) is 11.5 Å². The molecule has 15 heteroatoms. The Labute approximate surface area is 291 Å².